The molecule has 4 nitrogen and oxygen atoms in total. The van der Waals surface area contributed by atoms with Gasteiger partial charge in [0.05, 0.1) is 0 Å². The minimum atomic E-state index is -4.61. The zero-order valence-electron chi connectivity index (χ0n) is 10.5. The smallest absolute Gasteiger partial charge is 0.353 e. The molecule has 0 radical (unpaired) electrons. The Balaban J connectivity index is 2.12. The van der Waals surface area contributed by atoms with Crippen molar-refractivity contribution in [3.8, 4) is 0 Å². The highest BCUT2D eigenvalue weighted by Gasteiger charge is 2.33. The van der Waals surface area contributed by atoms with Crippen molar-refractivity contribution in [3.05, 3.63) is 22.1 Å². The maximum atomic E-state index is 12.5. The van der Waals surface area contributed by atoms with Gasteiger partial charge in [-0.25, -0.2) is 4.98 Å². The molecule has 1 aliphatic rings. The van der Waals surface area contributed by atoms with E-state index in [1.807, 2.05) is 0 Å². The van der Waals surface area contributed by atoms with Crippen LogP contribution in [-0.4, -0.2) is 16.0 Å². The highest BCUT2D eigenvalue weighted by atomic mass is 19.4. The van der Waals surface area contributed by atoms with E-state index in [2.05, 4.69) is 22.2 Å². The van der Waals surface area contributed by atoms with Gasteiger partial charge in [0.15, 0.2) is 5.69 Å². The highest BCUT2D eigenvalue weighted by Crippen LogP contribution is 2.28. The third-order valence-electron chi connectivity index (χ3n) is 3.39. The molecule has 19 heavy (non-hydrogen) atoms. The first-order valence-electron chi connectivity index (χ1n) is 6.29. The van der Waals surface area contributed by atoms with Gasteiger partial charge in [0.25, 0.3) is 5.56 Å². The lowest BCUT2D eigenvalue weighted by atomic mass is 9.87. The van der Waals surface area contributed by atoms with Gasteiger partial charge in [-0.1, -0.05) is 6.92 Å². The van der Waals surface area contributed by atoms with Gasteiger partial charge in [0.2, 0.25) is 5.95 Å². The van der Waals surface area contributed by atoms with Crippen molar-refractivity contribution in [1.82, 2.24) is 9.97 Å². The Morgan fingerprint density at radius 2 is 1.95 bits per heavy atom. The quantitative estimate of drug-likeness (QED) is 0.872. The zero-order chi connectivity index (χ0) is 14.0. The number of nitrogens with zero attached hydrogens (tertiary/aromatic N) is 1. The predicted octanol–water partition coefficient (Wildman–Crippen LogP) is 2.78. The van der Waals surface area contributed by atoms with Crippen LogP contribution < -0.4 is 10.9 Å². The summed E-state index contributed by atoms with van der Waals surface area (Å²) in [4.78, 5) is 16.9. The van der Waals surface area contributed by atoms with E-state index < -0.39 is 17.4 Å². The van der Waals surface area contributed by atoms with Crippen LogP contribution in [-0.2, 0) is 6.18 Å². The lowest BCUT2D eigenvalue weighted by molar-refractivity contribution is -0.141. The number of aromatic amines is 1. The standard InChI is InChI=1S/C12H16F3N3O/c1-7-2-4-8(5-3-7)16-11-17-9(12(13,14)15)6-10(19)18-11/h6-8H,2-5H2,1H3,(H2,16,17,18,19). The van der Waals surface area contributed by atoms with E-state index in [-0.39, 0.29) is 12.0 Å². The Bertz CT molecular complexity index is 490. The molecule has 106 valence electrons. The van der Waals surface area contributed by atoms with Crippen LogP contribution in [0.15, 0.2) is 10.9 Å². The second kappa shape index (κ2) is 5.22. The summed E-state index contributed by atoms with van der Waals surface area (Å²) in [5, 5.41) is 2.89. The summed E-state index contributed by atoms with van der Waals surface area (Å²) >= 11 is 0. The molecule has 0 bridgehead atoms. The van der Waals surface area contributed by atoms with Crippen LogP contribution in [0.2, 0.25) is 0 Å². The lowest BCUT2D eigenvalue weighted by Crippen LogP contribution is -2.28. The molecule has 0 aliphatic heterocycles. The van der Waals surface area contributed by atoms with Crippen LogP contribution in [0.25, 0.3) is 0 Å². The van der Waals surface area contributed by atoms with Crippen molar-refractivity contribution in [2.45, 2.75) is 44.8 Å². The van der Waals surface area contributed by atoms with Crippen molar-refractivity contribution >= 4 is 5.95 Å². The van der Waals surface area contributed by atoms with Crippen LogP contribution in [0, 0.1) is 5.92 Å². The van der Waals surface area contributed by atoms with Crippen LogP contribution in [0.1, 0.15) is 38.3 Å². The first-order chi connectivity index (χ1) is 8.84. The Morgan fingerprint density at radius 3 is 2.53 bits per heavy atom. The highest BCUT2D eigenvalue weighted by molar-refractivity contribution is 5.27. The molecule has 0 atom stereocenters. The summed E-state index contributed by atoms with van der Waals surface area (Å²) in [7, 11) is 0. The van der Waals surface area contributed by atoms with Crippen molar-refractivity contribution in [3.63, 3.8) is 0 Å². The molecule has 0 amide bonds. The van der Waals surface area contributed by atoms with Gasteiger partial charge in [0.1, 0.15) is 0 Å². The lowest BCUT2D eigenvalue weighted by Gasteiger charge is -2.27. The Kier molecular flexibility index (Phi) is 3.82. The van der Waals surface area contributed by atoms with E-state index in [0.29, 0.717) is 12.0 Å². The second-order valence-electron chi connectivity index (χ2n) is 5.08. The molecule has 0 saturated heterocycles. The van der Waals surface area contributed by atoms with Gasteiger partial charge in [0, 0.05) is 12.1 Å². The van der Waals surface area contributed by atoms with Gasteiger partial charge in [-0.15, -0.1) is 0 Å². The molecule has 1 aliphatic carbocycles. The van der Waals surface area contributed by atoms with Crippen LogP contribution in [0.4, 0.5) is 19.1 Å². The van der Waals surface area contributed by atoms with E-state index >= 15 is 0 Å². The zero-order valence-corrected chi connectivity index (χ0v) is 10.5. The summed E-state index contributed by atoms with van der Waals surface area (Å²) < 4.78 is 37.6. The molecule has 0 unspecified atom stereocenters. The number of nitrogens with one attached hydrogen (secondary N) is 2. The number of H-pyrrole nitrogens is 1. The van der Waals surface area contributed by atoms with E-state index in [4.69, 9.17) is 0 Å². The Morgan fingerprint density at radius 1 is 1.32 bits per heavy atom. The van der Waals surface area contributed by atoms with E-state index in [0.717, 1.165) is 25.7 Å². The topological polar surface area (TPSA) is 57.8 Å². The third kappa shape index (κ3) is 3.71. The summed E-state index contributed by atoms with van der Waals surface area (Å²) in [6, 6.07) is 0.538. The fourth-order valence-electron chi connectivity index (χ4n) is 2.27. The molecular weight excluding hydrogens is 259 g/mol. The van der Waals surface area contributed by atoms with Gasteiger partial charge in [-0.3, -0.25) is 9.78 Å². The predicted molar refractivity (Wildman–Crippen MR) is 64.9 cm³/mol. The average Bonchev–Trinajstić information content (AvgIpc) is 2.30. The van der Waals surface area contributed by atoms with Crippen molar-refractivity contribution < 1.29 is 13.2 Å². The van der Waals surface area contributed by atoms with E-state index in [9.17, 15) is 18.0 Å². The van der Waals surface area contributed by atoms with Crippen molar-refractivity contribution in [1.29, 1.82) is 0 Å². The van der Waals surface area contributed by atoms with Gasteiger partial charge >= 0.3 is 6.18 Å². The van der Waals surface area contributed by atoms with Crippen LogP contribution >= 0.6 is 0 Å². The van der Waals surface area contributed by atoms with E-state index in [1.54, 1.807) is 0 Å². The number of anilines is 1. The number of alkyl halides is 3. The van der Waals surface area contributed by atoms with Crippen LogP contribution in [0.3, 0.4) is 0 Å². The van der Waals surface area contributed by atoms with Gasteiger partial charge in [-0.05, 0) is 31.6 Å². The summed E-state index contributed by atoms with van der Waals surface area (Å²) in [6.45, 7) is 2.15. The fourth-order valence-corrected chi connectivity index (χ4v) is 2.27. The molecule has 1 aromatic heterocycles. The van der Waals surface area contributed by atoms with Crippen LogP contribution in [0.5, 0.6) is 0 Å². The maximum absolute atomic E-state index is 12.5. The number of hydrogen-bond acceptors (Lipinski definition) is 3. The minimum absolute atomic E-state index is 0.0721. The molecular formula is C12H16F3N3O. The largest absolute Gasteiger partial charge is 0.433 e. The third-order valence-corrected chi connectivity index (χ3v) is 3.39. The second-order valence-corrected chi connectivity index (χ2v) is 5.08. The van der Waals surface area contributed by atoms with Gasteiger partial charge in [-0.2, -0.15) is 13.2 Å². The molecule has 0 aromatic carbocycles. The van der Waals surface area contributed by atoms with Crippen molar-refractivity contribution in [2.24, 2.45) is 5.92 Å². The number of rotatable bonds is 2. The summed E-state index contributed by atoms with van der Waals surface area (Å²) in [5.74, 6) is 0.547. The van der Waals surface area contributed by atoms with E-state index in [1.165, 1.54) is 0 Å². The monoisotopic (exact) mass is 275 g/mol. The summed E-state index contributed by atoms with van der Waals surface area (Å²) in [6.07, 6.45) is -0.796. The maximum Gasteiger partial charge on any atom is 0.433 e. The molecule has 1 heterocycles. The number of hydrogen-bond donors (Lipinski definition) is 2. The Hall–Kier alpha value is -1.53. The molecule has 1 saturated carbocycles. The molecule has 0 spiro atoms. The number of halogens is 3. The molecule has 2 rings (SSSR count). The molecule has 1 fully saturated rings. The average molecular weight is 275 g/mol. The summed E-state index contributed by atoms with van der Waals surface area (Å²) in [5.41, 5.74) is -1.96. The molecule has 7 heteroatoms. The molecule has 2 N–H and O–H groups in total. The molecule has 1 aromatic rings. The first-order valence-corrected chi connectivity index (χ1v) is 6.29. The SMILES string of the molecule is CC1CCC(Nc2nc(C(F)(F)F)cc(=O)[nH]2)CC1. The minimum Gasteiger partial charge on any atom is -0.353 e. The Labute approximate surface area is 108 Å². The normalized spacial score (nSPS) is 24.2. The van der Waals surface area contributed by atoms with Crippen molar-refractivity contribution in [2.75, 3.05) is 5.32 Å². The first kappa shape index (κ1) is 13.9. The number of aromatic nitrogens is 2. The fraction of sp³-hybridized carbons (Fsp3) is 0.667. The van der Waals surface area contributed by atoms with Gasteiger partial charge < -0.3 is 5.32 Å².